The number of aliphatic hydroxyl groups is 1. The SMILES string of the molecule is O=S(=O)(c1ccc(NCCCOCCO)cc1)C(F)F. The van der Waals surface area contributed by atoms with Crippen molar-refractivity contribution >= 4 is 15.5 Å². The highest BCUT2D eigenvalue weighted by Gasteiger charge is 2.26. The van der Waals surface area contributed by atoms with E-state index in [0.717, 1.165) is 12.1 Å². The zero-order valence-corrected chi connectivity index (χ0v) is 11.6. The molecule has 0 saturated carbocycles. The van der Waals surface area contributed by atoms with E-state index in [2.05, 4.69) is 5.32 Å². The van der Waals surface area contributed by atoms with Gasteiger partial charge in [-0.05, 0) is 30.7 Å². The predicted molar refractivity (Wildman–Crippen MR) is 70.6 cm³/mol. The fourth-order valence-corrected chi connectivity index (χ4v) is 2.16. The van der Waals surface area contributed by atoms with Gasteiger partial charge < -0.3 is 15.2 Å². The summed E-state index contributed by atoms with van der Waals surface area (Å²) in [6.07, 6.45) is 0.705. The molecule has 0 saturated heterocycles. The number of nitrogens with one attached hydrogen (secondary N) is 1. The highest BCUT2D eigenvalue weighted by Crippen LogP contribution is 2.20. The van der Waals surface area contributed by atoms with Gasteiger partial charge in [-0.25, -0.2) is 8.42 Å². The minimum absolute atomic E-state index is 0.0203. The lowest BCUT2D eigenvalue weighted by Crippen LogP contribution is -2.11. The first-order valence-electron chi connectivity index (χ1n) is 6.03. The number of hydrogen-bond acceptors (Lipinski definition) is 5. The summed E-state index contributed by atoms with van der Waals surface area (Å²) in [5.41, 5.74) is 0.639. The second-order valence-corrected chi connectivity index (χ2v) is 5.86. The van der Waals surface area contributed by atoms with Crippen molar-refractivity contribution in [3.05, 3.63) is 24.3 Å². The largest absolute Gasteiger partial charge is 0.394 e. The molecule has 0 bridgehead atoms. The molecule has 5 nitrogen and oxygen atoms in total. The molecular weight excluding hydrogens is 292 g/mol. The average molecular weight is 309 g/mol. The van der Waals surface area contributed by atoms with Gasteiger partial charge in [0, 0.05) is 18.8 Å². The summed E-state index contributed by atoms with van der Waals surface area (Å²) in [5.74, 6) is -3.41. The molecule has 0 fully saturated rings. The van der Waals surface area contributed by atoms with E-state index in [1.807, 2.05) is 0 Å². The van der Waals surface area contributed by atoms with Crippen LogP contribution in [0.5, 0.6) is 0 Å². The topological polar surface area (TPSA) is 75.6 Å². The number of ether oxygens (including phenoxy) is 1. The number of benzene rings is 1. The van der Waals surface area contributed by atoms with Crippen LogP contribution in [0.25, 0.3) is 0 Å². The van der Waals surface area contributed by atoms with Gasteiger partial charge in [0.1, 0.15) is 0 Å². The lowest BCUT2D eigenvalue weighted by atomic mass is 10.3. The Morgan fingerprint density at radius 1 is 1.20 bits per heavy atom. The summed E-state index contributed by atoms with van der Waals surface area (Å²) in [7, 11) is -4.53. The van der Waals surface area contributed by atoms with Gasteiger partial charge in [-0.3, -0.25) is 0 Å². The van der Waals surface area contributed by atoms with Crippen LogP contribution < -0.4 is 5.32 Å². The summed E-state index contributed by atoms with van der Waals surface area (Å²) in [6, 6.07) is 5.16. The van der Waals surface area contributed by atoms with Crippen LogP contribution in [-0.2, 0) is 14.6 Å². The Bertz CT molecular complexity index is 491. The van der Waals surface area contributed by atoms with Gasteiger partial charge in [-0.1, -0.05) is 0 Å². The molecule has 0 heterocycles. The smallest absolute Gasteiger partial charge is 0.341 e. The lowest BCUT2D eigenvalue weighted by molar-refractivity contribution is 0.0922. The third-order valence-corrected chi connectivity index (χ3v) is 3.85. The van der Waals surface area contributed by atoms with E-state index in [0.29, 0.717) is 31.9 Å². The Kier molecular flexibility index (Phi) is 6.83. The first-order valence-corrected chi connectivity index (χ1v) is 7.57. The van der Waals surface area contributed by atoms with E-state index in [-0.39, 0.29) is 6.61 Å². The first kappa shape index (κ1) is 16.8. The third kappa shape index (κ3) is 5.03. The molecule has 1 rings (SSSR count). The van der Waals surface area contributed by atoms with Crippen LogP contribution in [0.4, 0.5) is 14.5 Å². The molecule has 0 spiro atoms. The van der Waals surface area contributed by atoms with Crippen molar-refractivity contribution in [1.29, 1.82) is 0 Å². The molecule has 1 aromatic carbocycles. The number of rotatable bonds is 9. The predicted octanol–water partition coefficient (Wildman–Crippen LogP) is 1.49. The number of hydrogen-bond donors (Lipinski definition) is 2. The standard InChI is InChI=1S/C12H17F2NO4S/c13-12(14)20(17,18)11-4-2-10(3-5-11)15-6-1-8-19-9-7-16/h2-5,12,15-16H,1,6-9H2. The van der Waals surface area contributed by atoms with Crippen LogP contribution in [0.2, 0.25) is 0 Å². The van der Waals surface area contributed by atoms with Crippen molar-refractivity contribution < 1.29 is 27.0 Å². The van der Waals surface area contributed by atoms with Gasteiger partial charge in [0.15, 0.2) is 0 Å². The Morgan fingerprint density at radius 2 is 1.85 bits per heavy atom. The van der Waals surface area contributed by atoms with Crippen LogP contribution in [-0.4, -0.2) is 45.6 Å². The second-order valence-electron chi connectivity index (χ2n) is 3.95. The van der Waals surface area contributed by atoms with E-state index >= 15 is 0 Å². The van der Waals surface area contributed by atoms with Crippen LogP contribution in [0.3, 0.4) is 0 Å². The Hall–Kier alpha value is -1.25. The average Bonchev–Trinajstić information content (AvgIpc) is 2.43. The van der Waals surface area contributed by atoms with Crippen molar-refractivity contribution in [1.82, 2.24) is 0 Å². The molecule has 0 aliphatic heterocycles. The van der Waals surface area contributed by atoms with Crippen LogP contribution in [0, 0.1) is 0 Å². The summed E-state index contributed by atoms with van der Waals surface area (Å²) < 4.78 is 52.1. The number of anilines is 1. The molecule has 0 aliphatic rings. The maximum atomic E-state index is 12.3. The van der Waals surface area contributed by atoms with Crippen LogP contribution in [0.1, 0.15) is 6.42 Å². The molecule has 114 valence electrons. The molecular formula is C12H17F2NO4S. The van der Waals surface area contributed by atoms with E-state index in [1.165, 1.54) is 12.1 Å². The fourth-order valence-electron chi connectivity index (χ4n) is 1.44. The summed E-state index contributed by atoms with van der Waals surface area (Å²) in [4.78, 5) is -0.399. The van der Waals surface area contributed by atoms with Crippen molar-refractivity contribution in [3.63, 3.8) is 0 Å². The normalized spacial score (nSPS) is 11.8. The molecule has 0 atom stereocenters. The number of aliphatic hydroxyl groups excluding tert-OH is 1. The Labute approximate surface area is 116 Å². The van der Waals surface area contributed by atoms with Gasteiger partial charge in [0.05, 0.1) is 18.1 Å². The molecule has 0 amide bonds. The zero-order chi connectivity index (χ0) is 15.0. The highest BCUT2D eigenvalue weighted by atomic mass is 32.2. The molecule has 0 unspecified atom stereocenters. The van der Waals surface area contributed by atoms with Gasteiger partial charge >= 0.3 is 5.76 Å². The minimum atomic E-state index is -4.53. The number of sulfone groups is 1. The summed E-state index contributed by atoms with van der Waals surface area (Å²) >= 11 is 0. The van der Waals surface area contributed by atoms with Gasteiger partial charge in [0.2, 0.25) is 9.84 Å². The van der Waals surface area contributed by atoms with Crippen LogP contribution >= 0.6 is 0 Å². The van der Waals surface area contributed by atoms with Crippen molar-refractivity contribution in [2.45, 2.75) is 17.1 Å². The van der Waals surface area contributed by atoms with E-state index in [1.54, 1.807) is 0 Å². The van der Waals surface area contributed by atoms with Gasteiger partial charge in [-0.15, -0.1) is 0 Å². The lowest BCUT2D eigenvalue weighted by Gasteiger charge is -2.08. The fraction of sp³-hybridized carbons (Fsp3) is 0.500. The Morgan fingerprint density at radius 3 is 2.40 bits per heavy atom. The van der Waals surface area contributed by atoms with Crippen LogP contribution in [0.15, 0.2) is 29.2 Å². The quantitative estimate of drug-likeness (QED) is 0.676. The maximum Gasteiger partial charge on any atom is 0.341 e. The van der Waals surface area contributed by atoms with E-state index in [4.69, 9.17) is 9.84 Å². The molecule has 2 N–H and O–H groups in total. The second kappa shape index (κ2) is 8.13. The monoisotopic (exact) mass is 309 g/mol. The van der Waals surface area contributed by atoms with E-state index < -0.39 is 20.5 Å². The van der Waals surface area contributed by atoms with E-state index in [9.17, 15) is 17.2 Å². The Balaban J connectivity index is 2.44. The van der Waals surface area contributed by atoms with Gasteiger partial charge in [0.25, 0.3) is 0 Å². The van der Waals surface area contributed by atoms with Crippen molar-refractivity contribution in [2.24, 2.45) is 0 Å². The van der Waals surface area contributed by atoms with Crippen molar-refractivity contribution in [3.8, 4) is 0 Å². The number of halogens is 2. The third-order valence-electron chi connectivity index (χ3n) is 2.45. The maximum absolute atomic E-state index is 12.3. The molecule has 1 aromatic rings. The molecule has 20 heavy (non-hydrogen) atoms. The molecule has 8 heteroatoms. The zero-order valence-electron chi connectivity index (χ0n) is 10.8. The molecule has 0 aromatic heterocycles. The summed E-state index contributed by atoms with van der Waals surface area (Å²) in [6.45, 7) is 1.35. The molecule has 0 aliphatic carbocycles. The minimum Gasteiger partial charge on any atom is -0.394 e. The van der Waals surface area contributed by atoms with Gasteiger partial charge in [-0.2, -0.15) is 8.78 Å². The molecule has 0 radical (unpaired) electrons. The highest BCUT2D eigenvalue weighted by molar-refractivity contribution is 7.91. The first-order chi connectivity index (χ1) is 9.48. The van der Waals surface area contributed by atoms with Crippen molar-refractivity contribution in [2.75, 3.05) is 31.7 Å². The number of alkyl halides is 2. The summed E-state index contributed by atoms with van der Waals surface area (Å²) in [5, 5.41) is 11.5.